The number of hydrogen-bond acceptors (Lipinski definition) is 2. The van der Waals surface area contributed by atoms with Crippen molar-refractivity contribution in [3.8, 4) is 0 Å². The fourth-order valence-corrected chi connectivity index (χ4v) is 1.83. The second-order valence-corrected chi connectivity index (χ2v) is 4.46. The SMILES string of the molecule is CN(c1cc(Br)ccc1N)C1CC1. The number of rotatable bonds is 2. The fourth-order valence-electron chi connectivity index (χ4n) is 1.48. The second kappa shape index (κ2) is 3.22. The van der Waals surface area contributed by atoms with Gasteiger partial charge in [0.15, 0.2) is 0 Å². The van der Waals surface area contributed by atoms with Gasteiger partial charge in [-0.1, -0.05) is 15.9 Å². The molecule has 0 heterocycles. The summed E-state index contributed by atoms with van der Waals surface area (Å²) in [5.41, 5.74) is 7.89. The zero-order valence-corrected chi connectivity index (χ0v) is 9.21. The lowest BCUT2D eigenvalue weighted by Gasteiger charge is -2.20. The van der Waals surface area contributed by atoms with Crippen molar-refractivity contribution in [3.63, 3.8) is 0 Å². The van der Waals surface area contributed by atoms with Crippen molar-refractivity contribution in [1.82, 2.24) is 0 Å². The molecule has 2 rings (SSSR count). The lowest BCUT2D eigenvalue weighted by molar-refractivity contribution is 0.918. The molecule has 13 heavy (non-hydrogen) atoms. The van der Waals surface area contributed by atoms with Crippen LogP contribution in [0.2, 0.25) is 0 Å². The van der Waals surface area contributed by atoms with E-state index < -0.39 is 0 Å². The predicted molar refractivity (Wildman–Crippen MR) is 60.0 cm³/mol. The first-order valence-corrected chi connectivity index (χ1v) is 5.25. The quantitative estimate of drug-likeness (QED) is 0.806. The van der Waals surface area contributed by atoms with Gasteiger partial charge in [0, 0.05) is 17.6 Å². The summed E-state index contributed by atoms with van der Waals surface area (Å²) < 4.78 is 1.09. The van der Waals surface area contributed by atoms with Crippen molar-refractivity contribution in [3.05, 3.63) is 22.7 Å². The first-order valence-electron chi connectivity index (χ1n) is 4.46. The second-order valence-electron chi connectivity index (χ2n) is 3.55. The molecule has 1 aliphatic rings. The summed E-state index contributed by atoms with van der Waals surface area (Å²) in [5.74, 6) is 0. The van der Waals surface area contributed by atoms with Crippen LogP contribution in [-0.4, -0.2) is 13.1 Å². The van der Waals surface area contributed by atoms with Gasteiger partial charge in [0.05, 0.1) is 11.4 Å². The van der Waals surface area contributed by atoms with E-state index in [-0.39, 0.29) is 0 Å². The first kappa shape index (κ1) is 8.88. The maximum Gasteiger partial charge on any atom is 0.0611 e. The van der Waals surface area contributed by atoms with E-state index in [1.165, 1.54) is 12.8 Å². The van der Waals surface area contributed by atoms with Gasteiger partial charge < -0.3 is 10.6 Å². The molecular formula is C10H13BrN2. The van der Waals surface area contributed by atoms with E-state index in [1.807, 2.05) is 12.1 Å². The lowest BCUT2D eigenvalue weighted by Crippen LogP contribution is -2.20. The lowest BCUT2D eigenvalue weighted by atomic mass is 10.2. The van der Waals surface area contributed by atoms with Crippen LogP contribution < -0.4 is 10.6 Å². The molecule has 2 nitrogen and oxygen atoms in total. The van der Waals surface area contributed by atoms with Crippen LogP contribution in [0.1, 0.15) is 12.8 Å². The summed E-state index contributed by atoms with van der Waals surface area (Å²) in [6.07, 6.45) is 2.59. The van der Waals surface area contributed by atoms with E-state index in [9.17, 15) is 0 Å². The van der Waals surface area contributed by atoms with Crippen LogP contribution in [0.25, 0.3) is 0 Å². The first-order chi connectivity index (χ1) is 6.18. The van der Waals surface area contributed by atoms with Gasteiger partial charge in [0.2, 0.25) is 0 Å². The summed E-state index contributed by atoms with van der Waals surface area (Å²) in [5, 5.41) is 0. The molecule has 0 bridgehead atoms. The highest BCUT2D eigenvalue weighted by Crippen LogP contribution is 2.34. The zero-order valence-electron chi connectivity index (χ0n) is 7.63. The Morgan fingerprint density at radius 2 is 2.15 bits per heavy atom. The summed E-state index contributed by atoms with van der Waals surface area (Å²) in [4.78, 5) is 2.26. The van der Waals surface area contributed by atoms with Crippen LogP contribution in [0.3, 0.4) is 0 Å². The molecule has 1 aliphatic carbocycles. The molecule has 3 heteroatoms. The maximum absolute atomic E-state index is 5.89. The minimum Gasteiger partial charge on any atom is -0.397 e. The summed E-state index contributed by atoms with van der Waals surface area (Å²) in [6.45, 7) is 0. The Bertz CT molecular complexity index is 321. The van der Waals surface area contributed by atoms with Crippen LogP contribution in [0.4, 0.5) is 11.4 Å². The van der Waals surface area contributed by atoms with Crippen molar-refractivity contribution in [2.75, 3.05) is 17.7 Å². The Morgan fingerprint density at radius 3 is 2.77 bits per heavy atom. The number of benzene rings is 1. The molecule has 0 saturated heterocycles. The fraction of sp³-hybridized carbons (Fsp3) is 0.400. The smallest absolute Gasteiger partial charge is 0.0611 e. The number of nitrogens with zero attached hydrogens (tertiary/aromatic N) is 1. The van der Waals surface area contributed by atoms with E-state index in [2.05, 4.69) is 33.9 Å². The highest BCUT2D eigenvalue weighted by Gasteiger charge is 2.27. The van der Waals surface area contributed by atoms with E-state index in [4.69, 9.17) is 5.73 Å². The minimum absolute atomic E-state index is 0.705. The third-order valence-corrected chi connectivity index (χ3v) is 2.96. The highest BCUT2D eigenvalue weighted by molar-refractivity contribution is 9.10. The van der Waals surface area contributed by atoms with Gasteiger partial charge in [-0.2, -0.15) is 0 Å². The van der Waals surface area contributed by atoms with Gasteiger partial charge >= 0.3 is 0 Å². The van der Waals surface area contributed by atoms with E-state index >= 15 is 0 Å². The third kappa shape index (κ3) is 1.80. The molecule has 0 aromatic heterocycles. The zero-order chi connectivity index (χ0) is 9.42. The number of nitrogens with two attached hydrogens (primary N) is 1. The third-order valence-electron chi connectivity index (χ3n) is 2.47. The molecule has 70 valence electrons. The van der Waals surface area contributed by atoms with Crippen LogP contribution >= 0.6 is 15.9 Å². The van der Waals surface area contributed by atoms with Gasteiger partial charge in [0.1, 0.15) is 0 Å². The molecule has 1 aromatic rings. The van der Waals surface area contributed by atoms with Gasteiger partial charge in [0.25, 0.3) is 0 Å². The van der Waals surface area contributed by atoms with Crippen LogP contribution in [-0.2, 0) is 0 Å². The molecule has 1 fully saturated rings. The van der Waals surface area contributed by atoms with E-state index in [1.54, 1.807) is 0 Å². The molecule has 2 N–H and O–H groups in total. The molecular weight excluding hydrogens is 228 g/mol. The molecule has 0 aliphatic heterocycles. The average Bonchev–Trinajstić information content (AvgIpc) is 2.91. The molecule has 0 unspecified atom stereocenters. The van der Waals surface area contributed by atoms with E-state index in [0.717, 1.165) is 15.8 Å². The van der Waals surface area contributed by atoms with Crippen molar-refractivity contribution in [1.29, 1.82) is 0 Å². The van der Waals surface area contributed by atoms with Crippen molar-refractivity contribution in [2.45, 2.75) is 18.9 Å². The Kier molecular flexibility index (Phi) is 2.20. The Morgan fingerprint density at radius 1 is 1.46 bits per heavy atom. The Hall–Kier alpha value is -0.700. The number of halogens is 1. The topological polar surface area (TPSA) is 29.3 Å². The summed E-state index contributed by atoms with van der Waals surface area (Å²) in [6, 6.07) is 6.70. The Balaban J connectivity index is 2.31. The summed E-state index contributed by atoms with van der Waals surface area (Å²) >= 11 is 3.45. The molecule has 0 amide bonds. The number of hydrogen-bond donors (Lipinski definition) is 1. The largest absolute Gasteiger partial charge is 0.397 e. The van der Waals surface area contributed by atoms with Crippen LogP contribution in [0, 0.1) is 0 Å². The van der Waals surface area contributed by atoms with E-state index in [0.29, 0.717) is 6.04 Å². The standard InChI is InChI=1S/C10H13BrN2/c1-13(8-3-4-8)10-6-7(11)2-5-9(10)12/h2,5-6,8H,3-4,12H2,1H3. The molecule has 0 atom stereocenters. The predicted octanol–water partition coefficient (Wildman–Crippen LogP) is 2.63. The van der Waals surface area contributed by atoms with Crippen LogP contribution in [0.5, 0.6) is 0 Å². The Labute approximate surface area is 86.9 Å². The monoisotopic (exact) mass is 240 g/mol. The maximum atomic E-state index is 5.89. The molecule has 0 radical (unpaired) electrons. The number of nitrogen functional groups attached to an aromatic ring is 1. The van der Waals surface area contributed by atoms with Crippen LogP contribution in [0.15, 0.2) is 22.7 Å². The average molecular weight is 241 g/mol. The molecule has 0 spiro atoms. The van der Waals surface area contributed by atoms with Crippen molar-refractivity contribution >= 4 is 27.3 Å². The van der Waals surface area contributed by atoms with Gasteiger partial charge in [-0.05, 0) is 31.0 Å². The summed E-state index contributed by atoms with van der Waals surface area (Å²) in [7, 11) is 2.11. The number of anilines is 2. The van der Waals surface area contributed by atoms with Crippen molar-refractivity contribution < 1.29 is 0 Å². The highest BCUT2D eigenvalue weighted by atomic mass is 79.9. The normalized spacial score (nSPS) is 15.8. The van der Waals surface area contributed by atoms with Gasteiger partial charge in [-0.15, -0.1) is 0 Å². The molecule has 1 saturated carbocycles. The minimum atomic E-state index is 0.705. The van der Waals surface area contributed by atoms with Gasteiger partial charge in [-0.25, -0.2) is 0 Å². The van der Waals surface area contributed by atoms with Crippen molar-refractivity contribution in [2.24, 2.45) is 0 Å². The van der Waals surface area contributed by atoms with Gasteiger partial charge in [-0.3, -0.25) is 0 Å². The molecule has 1 aromatic carbocycles.